The van der Waals surface area contributed by atoms with Crippen LogP contribution in [0.1, 0.15) is 20.8 Å². The highest BCUT2D eigenvalue weighted by molar-refractivity contribution is 7.20. The minimum absolute atomic E-state index is 0.196. The van der Waals surface area contributed by atoms with Gasteiger partial charge in [-0.25, -0.2) is 0 Å². The first-order valence-electron chi connectivity index (χ1n) is 6.71. The molecule has 0 atom stereocenters. The Morgan fingerprint density at radius 1 is 1.04 bits per heavy atom. The van der Waals surface area contributed by atoms with Gasteiger partial charge in [0.2, 0.25) is 0 Å². The highest BCUT2D eigenvalue weighted by Crippen LogP contribution is 2.30. The lowest BCUT2D eigenvalue weighted by Gasteiger charge is -2.05. The van der Waals surface area contributed by atoms with E-state index in [4.69, 9.17) is 23.2 Å². The van der Waals surface area contributed by atoms with Gasteiger partial charge in [-0.3, -0.25) is 25.5 Å². The largest absolute Gasteiger partial charge is 0.287 e. The third-order valence-corrected chi connectivity index (χ3v) is 4.57. The molecule has 122 valence electrons. The zero-order valence-corrected chi connectivity index (χ0v) is 14.3. The third-order valence-electron chi connectivity index (χ3n) is 3.08. The number of thiophene rings is 1. The van der Waals surface area contributed by atoms with E-state index in [9.17, 15) is 9.59 Å². The van der Waals surface area contributed by atoms with Crippen LogP contribution in [0.3, 0.4) is 0 Å². The van der Waals surface area contributed by atoms with Crippen molar-refractivity contribution in [2.24, 2.45) is 0 Å². The standard InChI is InChI=1S/C15H10Cl2N4O2S/c16-12-6-9(13(17)24-12)14(22)20-21-15(23)11-7-10(18-19-11)8-4-2-1-3-5-8/h1-7H,(H,18,19)(H,20,22)(H,21,23). The number of hydrogen-bond acceptors (Lipinski definition) is 4. The van der Waals surface area contributed by atoms with Crippen LogP contribution >= 0.6 is 34.5 Å². The van der Waals surface area contributed by atoms with E-state index in [0.29, 0.717) is 10.0 Å². The van der Waals surface area contributed by atoms with Crippen LogP contribution in [-0.4, -0.2) is 22.0 Å². The number of hydrazine groups is 1. The molecule has 0 fully saturated rings. The van der Waals surface area contributed by atoms with Crippen molar-refractivity contribution in [3.63, 3.8) is 0 Å². The number of amides is 2. The van der Waals surface area contributed by atoms with Gasteiger partial charge in [0.25, 0.3) is 11.8 Å². The van der Waals surface area contributed by atoms with Crippen molar-refractivity contribution in [1.82, 2.24) is 21.0 Å². The molecular weight excluding hydrogens is 371 g/mol. The maximum absolute atomic E-state index is 12.1. The number of carbonyl (C=O) groups is 2. The van der Waals surface area contributed by atoms with Crippen molar-refractivity contribution in [2.75, 3.05) is 0 Å². The summed E-state index contributed by atoms with van der Waals surface area (Å²) in [6, 6.07) is 12.4. The zero-order chi connectivity index (χ0) is 17.1. The lowest BCUT2D eigenvalue weighted by molar-refractivity contribution is 0.0844. The molecule has 24 heavy (non-hydrogen) atoms. The third kappa shape index (κ3) is 3.59. The molecule has 0 aliphatic rings. The smallest absolute Gasteiger partial charge is 0.272 e. The molecule has 0 aliphatic heterocycles. The SMILES string of the molecule is O=C(NNC(=O)c1cc(Cl)sc1Cl)c1cc(-c2ccccc2)n[nH]1. The predicted molar refractivity (Wildman–Crippen MR) is 93.3 cm³/mol. The zero-order valence-electron chi connectivity index (χ0n) is 12.0. The van der Waals surface area contributed by atoms with Gasteiger partial charge in [0.15, 0.2) is 0 Å². The van der Waals surface area contributed by atoms with E-state index >= 15 is 0 Å². The van der Waals surface area contributed by atoms with E-state index in [1.165, 1.54) is 6.07 Å². The Morgan fingerprint density at radius 3 is 2.42 bits per heavy atom. The normalized spacial score (nSPS) is 10.4. The monoisotopic (exact) mass is 380 g/mol. The molecular formula is C15H10Cl2N4O2S. The fraction of sp³-hybridized carbons (Fsp3) is 0. The number of hydrogen-bond donors (Lipinski definition) is 3. The fourth-order valence-corrected chi connectivity index (χ4v) is 3.40. The van der Waals surface area contributed by atoms with Crippen LogP contribution in [-0.2, 0) is 0 Å². The summed E-state index contributed by atoms with van der Waals surface area (Å²) in [6.07, 6.45) is 0. The number of nitrogens with zero attached hydrogens (tertiary/aromatic N) is 1. The molecule has 2 amide bonds. The van der Waals surface area contributed by atoms with E-state index < -0.39 is 11.8 Å². The average Bonchev–Trinajstić information content (AvgIpc) is 3.20. The lowest BCUT2D eigenvalue weighted by Crippen LogP contribution is -2.41. The van der Waals surface area contributed by atoms with Gasteiger partial charge in [0, 0.05) is 5.56 Å². The molecule has 3 rings (SSSR count). The lowest BCUT2D eigenvalue weighted by atomic mass is 10.1. The number of rotatable bonds is 3. The second-order valence-corrected chi connectivity index (χ2v) is 6.96. The molecule has 0 saturated heterocycles. The summed E-state index contributed by atoms with van der Waals surface area (Å²) in [5, 5.41) is 6.70. The fourth-order valence-electron chi connectivity index (χ4n) is 1.94. The summed E-state index contributed by atoms with van der Waals surface area (Å²) in [4.78, 5) is 24.0. The Bertz CT molecular complexity index is 892. The van der Waals surface area contributed by atoms with Gasteiger partial charge in [-0.05, 0) is 12.1 Å². The molecule has 0 aliphatic carbocycles. The molecule has 0 radical (unpaired) electrons. The number of benzene rings is 1. The van der Waals surface area contributed by atoms with Crippen molar-refractivity contribution in [3.8, 4) is 11.3 Å². The van der Waals surface area contributed by atoms with Crippen LogP contribution in [0.5, 0.6) is 0 Å². The van der Waals surface area contributed by atoms with Crippen molar-refractivity contribution in [3.05, 3.63) is 62.4 Å². The Labute approximate surface area is 150 Å². The second kappa shape index (κ2) is 7.04. The van der Waals surface area contributed by atoms with Crippen molar-refractivity contribution in [1.29, 1.82) is 0 Å². The highest BCUT2D eigenvalue weighted by atomic mass is 35.5. The van der Waals surface area contributed by atoms with Crippen LogP contribution < -0.4 is 10.9 Å². The Morgan fingerprint density at radius 2 is 1.75 bits per heavy atom. The predicted octanol–water partition coefficient (Wildman–Crippen LogP) is 3.52. The van der Waals surface area contributed by atoms with Gasteiger partial charge >= 0.3 is 0 Å². The van der Waals surface area contributed by atoms with Crippen LogP contribution in [0.25, 0.3) is 11.3 Å². The van der Waals surface area contributed by atoms with Gasteiger partial charge in [-0.2, -0.15) is 5.10 Å². The Balaban J connectivity index is 1.64. The Hall–Kier alpha value is -2.35. The summed E-state index contributed by atoms with van der Waals surface area (Å²) in [6.45, 7) is 0. The molecule has 6 nitrogen and oxygen atoms in total. The first-order valence-corrected chi connectivity index (χ1v) is 8.28. The van der Waals surface area contributed by atoms with Gasteiger partial charge in [0.1, 0.15) is 10.0 Å². The molecule has 0 spiro atoms. The van der Waals surface area contributed by atoms with Crippen LogP contribution in [0.2, 0.25) is 8.67 Å². The Kier molecular flexibility index (Phi) is 4.84. The molecule has 0 unspecified atom stereocenters. The maximum atomic E-state index is 12.1. The molecule has 3 aromatic rings. The first kappa shape index (κ1) is 16.5. The summed E-state index contributed by atoms with van der Waals surface area (Å²) in [5.74, 6) is -1.09. The topological polar surface area (TPSA) is 86.9 Å². The van der Waals surface area contributed by atoms with Gasteiger partial charge in [0.05, 0.1) is 15.6 Å². The number of carbonyl (C=O) groups excluding carboxylic acids is 2. The van der Waals surface area contributed by atoms with E-state index in [-0.39, 0.29) is 15.6 Å². The highest BCUT2D eigenvalue weighted by Gasteiger charge is 2.16. The van der Waals surface area contributed by atoms with Gasteiger partial charge in [-0.1, -0.05) is 53.5 Å². The first-order chi connectivity index (χ1) is 11.5. The maximum Gasteiger partial charge on any atom is 0.287 e. The molecule has 3 N–H and O–H groups in total. The van der Waals surface area contributed by atoms with Gasteiger partial charge < -0.3 is 0 Å². The molecule has 0 saturated carbocycles. The number of aromatic nitrogens is 2. The van der Waals surface area contributed by atoms with Crippen LogP contribution in [0, 0.1) is 0 Å². The van der Waals surface area contributed by atoms with Crippen molar-refractivity contribution >= 4 is 46.4 Å². The second-order valence-electron chi connectivity index (χ2n) is 4.68. The van der Waals surface area contributed by atoms with Crippen molar-refractivity contribution < 1.29 is 9.59 Å². The number of H-pyrrole nitrogens is 1. The van der Waals surface area contributed by atoms with Gasteiger partial charge in [-0.15, -0.1) is 11.3 Å². The quantitative estimate of drug-likeness (QED) is 0.607. The van der Waals surface area contributed by atoms with Crippen LogP contribution in [0.4, 0.5) is 0 Å². The number of halogens is 2. The molecule has 1 aromatic carbocycles. The molecule has 9 heteroatoms. The summed E-state index contributed by atoms with van der Waals surface area (Å²) < 4.78 is 0.636. The number of aromatic amines is 1. The molecule has 2 heterocycles. The molecule has 0 bridgehead atoms. The van der Waals surface area contributed by atoms with Crippen molar-refractivity contribution in [2.45, 2.75) is 0 Å². The van der Waals surface area contributed by atoms with E-state index in [1.807, 2.05) is 30.3 Å². The number of nitrogens with one attached hydrogen (secondary N) is 3. The average molecular weight is 381 g/mol. The van der Waals surface area contributed by atoms with E-state index in [2.05, 4.69) is 21.0 Å². The summed E-state index contributed by atoms with van der Waals surface area (Å²) in [5.41, 5.74) is 6.47. The summed E-state index contributed by atoms with van der Waals surface area (Å²) in [7, 11) is 0. The summed E-state index contributed by atoms with van der Waals surface area (Å²) >= 11 is 12.7. The minimum atomic E-state index is -0.556. The van der Waals surface area contributed by atoms with E-state index in [0.717, 1.165) is 16.9 Å². The minimum Gasteiger partial charge on any atom is -0.272 e. The van der Waals surface area contributed by atoms with E-state index in [1.54, 1.807) is 6.07 Å². The molecule has 2 aromatic heterocycles. The van der Waals surface area contributed by atoms with Crippen LogP contribution in [0.15, 0.2) is 42.5 Å².